The fraction of sp³-hybridized carbons (Fsp3) is 0.0714. The third-order valence-corrected chi connectivity index (χ3v) is 2.94. The van der Waals surface area contributed by atoms with Crippen molar-refractivity contribution in [2.24, 2.45) is 7.05 Å². The molecule has 2 heterocycles. The van der Waals surface area contributed by atoms with Crippen LogP contribution in [0.4, 0.5) is 10.1 Å². The molecule has 4 nitrogen and oxygen atoms in total. The highest BCUT2D eigenvalue weighted by Gasteiger charge is 2.09. The smallest absolute Gasteiger partial charge is 0.244 e. The van der Waals surface area contributed by atoms with E-state index in [0.29, 0.717) is 11.6 Å². The van der Waals surface area contributed by atoms with Gasteiger partial charge in [-0.15, -0.1) is 0 Å². The summed E-state index contributed by atoms with van der Waals surface area (Å²) in [6, 6.07) is 8.19. The van der Waals surface area contributed by atoms with Crippen LogP contribution in [0.2, 0.25) is 0 Å². The highest BCUT2D eigenvalue weighted by molar-refractivity contribution is 5.84. The first-order valence-corrected chi connectivity index (χ1v) is 5.78. The molecule has 0 radical (unpaired) electrons. The summed E-state index contributed by atoms with van der Waals surface area (Å²) in [6.45, 7) is 0. The van der Waals surface area contributed by atoms with E-state index in [4.69, 9.17) is 10.5 Å². The van der Waals surface area contributed by atoms with Gasteiger partial charge in [0.15, 0.2) is 0 Å². The predicted octanol–water partition coefficient (Wildman–Crippen LogP) is 3.09. The van der Waals surface area contributed by atoms with Crippen molar-refractivity contribution < 1.29 is 9.13 Å². The molecule has 96 valence electrons. The van der Waals surface area contributed by atoms with Gasteiger partial charge in [0, 0.05) is 30.9 Å². The first kappa shape index (κ1) is 11.5. The fourth-order valence-electron chi connectivity index (χ4n) is 1.96. The Morgan fingerprint density at radius 2 is 2.11 bits per heavy atom. The Balaban J connectivity index is 2.05. The van der Waals surface area contributed by atoms with Gasteiger partial charge in [0.1, 0.15) is 17.1 Å². The summed E-state index contributed by atoms with van der Waals surface area (Å²) < 4.78 is 20.9. The molecular formula is C14H12FN3O. The number of aryl methyl sites for hydroxylation is 1. The monoisotopic (exact) mass is 257 g/mol. The molecular weight excluding hydrogens is 245 g/mol. The van der Waals surface area contributed by atoms with Crippen LogP contribution < -0.4 is 10.5 Å². The zero-order valence-electron chi connectivity index (χ0n) is 10.3. The van der Waals surface area contributed by atoms with E-state index in [9.17, 15) is 4.39 Å². The molecule has 0 atom stereocenters. The third kappa shape index (κ3) is 1.99. The highest BCUT2D eigenvalue weighted by Crippen LogP contribution is 2.29. The van der Waals surface area contributed by atoms with Crippen molar-refractivity contribution in [1.29, 1.82) is 0 Å². The fourth-order valence-corrected chi connectivity index (χ4v) is 1.96. The molecule has 0 spiro atoms. The topological polar surface area (TPSA) is 53.1 Å². The van der Waals surface area contributed by atoms with Gasteiger partial charge >= 0.3 is 0 Å². The third-order valence-electron chi connectivity index (χ3n) is 2.94. The van der Waals surface area contributed by atoms with Gasteiger partial charge in [-0.3, -0.25) is 0 Å². The number of anilines is 1. The van der Waals surface area contributed by atoms with Crippen LogP contribution in [-0.4, -0.2) is 9.55 Å². The summed E-state index contributed by atoms with van der Waals surface area (Å²) in [7, 11) is 1.90. The van der Waals surface area contributed by atoms with Crippen LogP contribution >= 0.6 is 0 Å². The maximum atomic E-state index is 13.4. The normalized spacial score (nSPS) is 10.8. The van der Waals surface area contributed by atoms with E-state index in [2.05, 4.69) is 4.98 Å². The van der Waals surface area contributed by atoms with Crippen LogP contribution in [0, 0.1) is 5.82 Å². The number of nitrogen functional groups attached to an aromatic ring is 1. The maximum absolute atomic E-state index is 13.4. The maximum Gasteiger partial charge on any atom is 0.244 e. The zero-order valence-corrected chi connectivity index (χ0v) is 10.3. The zero-order chi connectivity index (χ0) is 13.4. The molecule has 0 fully saturated rings. The number of hydrogen-bond donors (Lipinski definition) is 1. The van der Waals surface area contributed by atoms with Gasteiger partial charge in [-0.2, -0.15) is 0 Å². The van der Waals surface area contributed by atoms with Gasteiger partial charge in [0.25, 0.3) is 0 Å². The lowest BCUT2D eigenvalue weighted by Gasteiger charge is -2.08. The molecule has 3 aromatic rings. The number of nitrogens with zero attached hydrogens (tertiary/aromatic N) is 2. The average molecular weight is 257 g/mol. The lowest BCUT2D eigenvalue weighted by Crippen LogP contribution is -1.95. The Hall–Kier alpha value is -2.56. The number of fused-ring (bicyclic) bond motifs is 1. The van der Waals surface area contributed by atoms with E-state index >= 15 is 0 Å². The molecule has 0 saturated heterocycles. The van der Waals surface area contributed by atoms with Crippen LogP contribution in [0.1, 0.15) is 0 Å². The molecule has 2 N–H and O–H groups in total. The molecule has 0 saturated carbocycles. The average Bonchev–Trinajstić information content (AvgIpc) is 2.77. The Kier molecular flexibility index (Phi) is 2.59. The summed E-state index contributed by atoms with van der Waals surface area (Å²) in [4.78, 5) is 4.19. The minimum absolute atomic E-state index is 0.0948. The second-order valence-electron chi connectivity index (χ2n) is 4.27. The van der Waals surface area contributed by atoms with Crippen molar-refractivity contribution in [2.45, 2.75) is 0 Å². The first-order chi connectivity index (χ1) is 9.15. The Morgan fingerprint density at radius 3 is 2.89 bits per heavy atom. The van der Waals surface area contributed by atoms with Crippen LogP contribution in [0.15, 0.2) is 42.7 Å². The van der Waals surface area contributed by atoms with Crippen molar-refractivity contribution in [3.63, 3.8) is 0 Å². The molecule has 1 aromatic carbocycles. The number of nitrogens with two attached hydrogens (primary N) is 1. The first-order valence-electron chi connectivity index (χ1n) is 5.78. The molecule has 5 heteroatoms. The van der Waals surface area contributed by atoms with Gasteiger partial charge in [-0.25, -0.2) is 9.37 Å². The standard InChI is InChI=1S/C14H12FN3O/c1-18-7-5-9-4-6-17-14(13(9)18)19-10-2-3-12(16)11(15)8-10/h2-8H,16H2,1H3. The molecule has 0 aliphatic heterocycles. The van der Waals surface area contributed by atoms with Gasteiger partial charge in [-0.1, -0.05) is 0 Å². The molecule has 0 unspecified atom stereocenters. The molecule has 2 aromatic heterocycles. The van der Waals surface area contributed by atoms with E-state index in [1.54, 1.807) is 12.3 Å². The molecule has 0 bridgehead atoms. The summed E-state index contributed by atoms with van der Waals surface area (Å²) in [5.74, 6) is 0.304. The number of ether oxygens (including phenoxy) is 1. The number of hydrogen-bond acceptors (Lipinski definition) is 3. The quantitative estimate of drug-likeness (QED) is 0.718. The van der Waals surface area contributed by atoms with Gasteiger partial charge in [-0.05, 0) is 24.3 Å². The van der Waals surface area contributed by atoms with Crippen LogP contribution in [-0.2, 0) is 7.05 Å². The van der Waals surface area contributed by atoms with Crippen LogP contribution in [0.3, 0.4) is 0 Å². The Morgan fingerprint density at radius 1 is 1.26 bits per heavy atom. The Bertz CT molecular complexity index is 752. The number of aromatic nitrogens is 2. The van der Waals surface area contributed by atoms with Gasteiger partial charge in [0.05, 0.1) is 5.69 Å². The van der Waals surface area contributed by atoms with Crippen molar-refractivity contribution >= 4 is 16.6 Å². The predicted molar refractivity (Wildman–Crippen MR) is 71.6 cm³/mol. The number of benzene rings is 1. The lowest BCUT2D eigenvalue weighted by atomic mass is 10.3. The second kappa shape index (κ2) is 4.28. The largest absolute Gasteiger partial charge is 0.437 e. The second-order valence-corrected chi connectivity index (χ2v) is 4.27. The van der Waals surface area contributed by atoms with Crippen molar-refractivity contribution in [1.82, 2.24) is 9.55 Å². The lowest BCUT2D eigenvalue weighted by molar-refractivity contribution is 0.462. The highest BCUT2D eigenvalue weighted by atomic mass is 19.1. The van der Waals surface area contributed by atoms with Crippen LogP contribution in [0.5, 0.6) is 11.6 Å². The summed E-state index contributed by atoms with van der Waals surface area (Å²) >= 11 is 0. The van der Waals surface area contributed by atoms with E-state index in [1.807, 2.05) is 29.9 Å². The van der Waals surface area contributed by atoms with E-state index in [-0.39, 0.29) is 5.69 Å². The molecule has 0 aliphatic rings. The number of halogens is 1. The summed E-state index contributed by atoms with van der Waals surface area (Å²) in [5, 5.41) is 1.02. The van der Waals surface area contributed by atoms with E-state index in [0.717, 1.165) is 10.9 Å². The van der Waals surface area contributed by atoms with Crippen molar-refractivity contribution in [3.05, 3.63) is 48.5 Å². The summed E-state index contributed by atoms with van der Waals surface area (Å²) in [5.41, 5.74) is 6.39. The van der Waals surface area contributed by atoms with E-state index < -0.39 is 5.82 Å². The summed E-state index contributed by atoms with van der Waals surface area (Å²) in [6.07, 6.45) is 3.58. The molecule has 0 amide bonds. The molecule has 0 aliphatic carbocycles. The van der Waals surface area contributed by atoms with Crippen molar-refractivity contribution in [3.8, 4) is 11.6 Å². The van der Waals surface area contributed by atoms with Gasteiger partial charge in [0.2, 0.25) is 5.88 Å². The number of rotatable bonds is 2. The Labute approximate surface area is 109 Å². The number of pyridine rings is 1. The SMILES string of the molecule is Cn1ccc2ccnc(Oc3ccc(N)c(F)c3)c21. The minimum Gasteiger partial charge on any atom is -0.437 e. The molecule has 3 rings (SSSR count). The van der Waals surface area contributed by atoms with Gasteiger partial charge < -0.3 is 15.0 Å². The minimum atomic E-state index is -0.503. The van der Waals surface area contributed by atoms with Crippen LogP contribution in [0.25, 0.3) is 10.9 Å². The molecule has 19 heavy (non-hydrogen) atoms. The van der Waals surface area contributed by atoms with E-state index in [1.165, 1.54) is 12.1 Å². The van der Waals surface area contributed by atoms with Crippen molar-refractivity contribution in [2.75, 3.05) is 5.73 Å².